The maximum Gasteiger partial charge on any atom is 0.335 e. The second-order valence-corrected chi connectivity index (χ2v) is 8.18. The first-order chi connectivity index (χ1) is 15.0. The van der Waals surface area contributed by atoms with E-state index >= 15 is 0 Å². The Morgan fingerprint density at radius 3 is 2.74 bits per heavy atom. The molecule has 1 aromatic heterocycles. The van der Waals surface area contributed by atoms with Crippen LogP contribution in [0.1, 0.15) is 27.9 Å². The van der Waals surface area contributed by atoms with Crippen molar-refractivity contribution in [3.8, 4) is 17.0 Å². The van der Waals surface area contributed by atoms with E-state index in [1.54, 1.807) is 54.5 Å². The third-order valence-corrected chi connectivity index (χ3v) is 5.99. The molecule has 0 bridgehead atoms. The topological polar surface area (TPSA) is 89.0 Å². The van der Waals surface area contributed by atoms with E-state index in [9.17, 15) is 9.59 Å². The molecule has 0 fully saturated rings. The lowest BCUT2D eigenvalue weighted by Gasteiger charge is -2.33. The fourth-order valence-electron chi connectivity index (χ4n) is 3.41. The van der Waals surface area contributed by atoms with Gasteiger partial charge in [-0.05, 0) is 42.8 Å². The zero-order chi connectivity index (χ0) is 22.0. The molecule has 1 aliphatic heterocycles. The average Bonchev–Trinajstić information content (AvgIpc) is 3.24. The predicted octanol–water partition coefficient (Wildman–Crippen LogP) is 4.01. The number of thiazole rings is 1. The Kier molecular flexibility index (Phi) is 6.01. The lowest BCUT2D eigenvalue weighted by atomic mass is 10.1. The van der Waals surface area contributed by atoms with Crippen molar-refractivity contribution < 1.29 is 24.2 Å². The number of anilines is 1. The smallest absolute Gasteiger partial charge is 0.335 e. The van der Waals surface area contributed by atoms with Crippen LogP contribution in [0.25, 0.3) is 11.3 Å². The molecule has 0 radical (unpaired) electrons. The fraction of sp³-hybridized carbons (Fsp3) is 0.261. The highest BCUT2D eigenvalue weighted by molar-refractivity contribution is 7.09. The van der Waals surface area contributed by atoms with E-state index in [4.69, 9.17) is 14.6 Å². The van der Waals surface area contributed by atoms with Crippen molar-refractivity contribution in [1.82, 2.24) is 4.98 Å². The number of carboxylic acids is 1. The number of carbonyl (C=O) groups excluding carboxylic acids is 1. The maximum absolute atomic E-state index is 12.9. The minimum Gasteiger partial charge on any atom is -0.479 e. The standard InChI is InChI=1S/C23H22N2O5S/c1-14-22(26)25(12-15-3-5-16(6-4-15)23(27)28)19-11-17(7-8-20(19)30-14)18-13-31-21(24-18)9-10-29-2/h3-8,11,13-14H,9-10,12H2,1-2H3,(H,27,28). The second-order valence-electron chi connectivity index (χ2n) is 7.24. The SMILES string of the molecule is COCCc1nc(-c2ccc3c(c2)N(Cc2ccc(C(=O)O)cc2)C(=O)C(C)O3)cs1. The van der Waals surface area contributed by atoms with Gasteiger partial charge in [0.2, 0.25) is 0 Å². The van der Waals surface area contributed by atoms with Gasteiger partial charge >= 0.3 is 5.97 Å². The van der Waals surface area contributed by atoms with Gasteiger partial charge in [-0.3, -0.25) is 4.79 Å². The predicted molar refractivity (Wildman–Crippen MR) is 118 cm³/mol. The van der Waals surface area contributed by atoms with Crippen LogP contribution < -0.4 is 9.64 Å². The van der Waals surface area contributed by atoms with Crippen molar-refractivity contribution in [2.45, 2.75) is 26.0 Å². The molecule has 0 saturated carbocycles. The molecule has 1 unspecified atom stereocenters. The van der Waals surface area contributed by atoms with Crippen molar-refractivity contribution in [3.63, 3.8) is 0 Å². The third kappa shape index (κ3) is 4.45. The number of aromatic nitrogens is 1. The van der Waals surface area contributed by atoms with Crippen LogP contribution in [0, 0.1) is 0 Å². The van der Waals surface area contributed by atoms with Gasteiger partial charge in [0.05, 0.1) is 35.1 Å². The highest BCUT2D eigenvalue weighted by atomic mass is 32.1. The molecule has 2 heterocycles. The normalized spacial score (nSPS) is 15.5. The number of rotatable bonds is 7. The van der Waals surface area contributed by atoms with Crippen LogP contribution >= 0.6 is 11.3 Å². The summed E-state index contributed by atoms with van der Waals surface area (Å²) in [4.78, 5) is 30.4. The molecule has 4 rings (SSSR count). The van der Waals surface area contributed by atoms with E-state index in [-0.39, 0.29) is 11.5 Å². The Balaban J connectivity index is 1.64. The zero-order valence-corrected chi connectivity index (χ0v) is 18.0. The quantitative estimate of drug-likeness (QED) is 0.600. The van der Waals surface area contributed by atoms with E-state index < -0.39 is 12.1 Å². The van der Waals surface area contributed by atoms with Crippen molar-refractivity contribution in [3.05, 3.63) is 64.0 Å². The Bertz CT molecular complexity index is 1110. The molecule has 1 atom stereocenters. The summed E-state index contributed by atoms with van der Waals surface area (Å²) in [6.07, 6.45) is 0.153. The first-order valence-corrected chi connectivity index (χ1v) is 10.7. The monoisotopic (exact) mass is 438 g/mol. The molecular formula is C23H22N2O5S. The highest BCUT2D eigenvalue weighted by Gasteiger charge is 2.32. The summed E-state index contributed by atoms with van der Waals surface area (Å²) in [6, 6.07) is 12.3. The van der Waals surface area contributed by atoms with Gasteiger partial charge in [-0.1, -0.05) is 12.1 Å². The first kappa shape index (κ1) is 21.0. The molecule has 8 heteroatoms. The van der Waals surface area contributed by atoms with Gasteiger partial charge in [-0.2, -0.15) is 0 Å². The summed E-state index contributed by atoms with van der Waals surface area (Å²) >= 11 is 1.58. The van der Waals surface area contributed by atoms with E-state index in [0.29, 0.717) is 24.6 Å². The summed E-state index contributed by atoms with van der Waals surface area (Å²) in [7, 11) is 1.67. The van der Waals surface area contributed by atoms with Crippen LogP contribution in [-0.4, -0.2) is 41.8 Å². The highest BCUT2D eigenvalue weighted by Crippen LogP contribution is 2.38. The van der Waals surface area contributed by atoms with Gasteiger partial charge < -0.3 is 19.5 Å². The number of nitrogens with zero attached hydrogens (tertiary/aromatic N) is 2. The summed E-state index contributed by atoms with van der Waals surface area (Å²) in [5, 5.41) is 12.1. The van der Waals surface area contributed by atoms with Crippen LogP contribution in [0.2, 0.25) is 0 Å². The molecule has 0 aliphatic carbocycles. The van der Waals surface area contributed by atoms with Gasteiger partial charge in [0.15, 0.2) is 6.10 Å². The van der Waals surface area contributed by atoms with Crippen molar-refractivity contribution >= 4 is 28.9 Å². The van der Waals surface area contributed by atoms with Crippen LogP contribution in [0.3, 0.4) is 0 Å². The van der Waals surface area contributed by atoms with Crippen molar-refractivity contribution in [2.75, 3.05) is 18.6 Å². The summed E-state index contributed by atoms with van der Waals surface area (Å²) in [5.74, 6) is -0.496. The van der Waals surface area contributed by atoms with Crippen LogP contribution in [0.4, 0.5) is 5.69 Å². The van der Waals surface area contributed by atoms with E-state index in [0.717, 1.165) is 28.2 Å². The number of carbonyl (C=O) groups is 2. The Labute approximate surface area is 183 Å². The molecule has 7 nitrogen and oxygen atoms in total. The Morgan fingerprint density at radius 1 is 1.26 bits per heavy atom. The average molecular weight is 439 g/mol. The Hall–Kier alpha value is -3.23. The summed E-state index contributed by atoms with van der Waals surface area (Å²) < 4.78 is 10.9. The van der Waals surface area contributed by atoms with E-state index in [1.807, 2.05) is 23.6 Å². The number of carboxylic acid groups (broad SMARTS) is 1. The number of methoxy groups -OCH3 is 1. The fourth-order valence-corrected chi connectivity index (χ4v) is 4.20. The summed E-state index contributed by atoms with van der Waals surface area (Å²) in [5.41, 5.74) is 3.46. The number of benzene rings is 2. The van der Waals surface area contributed by atoms with Gasteiger partial charge in [-0.25, -0.2) is 9.78 Å². The molecule has 1 aliphatic rings. The molecule has 2 aromatic carbocycles. The number of hydrogen-bond donors (Lipinski definition) is 1. The van der Waals surface area contributed by atoms with Crippen molar-refractivity contribution in [2.24, 2.45) is 0 Å². The number of ether oxygens (including phenoxy) is 2. The number of fused-ring (bicyclic) bond motifs is 1. The maximum atomic E-state index is 12.9. The molecule has 1 amide bonds. The van der Waals surface area contributed by atoms with Gasteiger partial charge in [-0.15, -0.1) is 11.3 Å². The third-order valence-electron chi connectivity index (χ3n) is 5.08. The zero-order valence-electron chi connectivity index (χ0n) is 17.2. The molecule has 0 spiro atoms. The van der Waals surface area contributed by atoms with Gasteiger partial charge in [0, 0.05) is 24.5 Å². The molecule has 0 saturated heterocycles. The number of aromatic carboxylic acids is 1. The molecule has 160 valence electrons. The van der Waals surface area contributed by atoms with Crippen LogP contribution in [-0.2, 0) is 22.5 Å². The van der Waals surface area contributed by atoms with Crippen LogP contribution in [0.15, 0.2) is 47.8 Å². The minimum absolute atomic E-state index is 0.147. The van der Waals surface area contributed by atoms with Gasteiger partial charge in [0.1, 0.15) is 5.75 Å². The molecule has 31 heavy (non-hydrogen) atoms. The largest absolute Gasteiger partial charge is 0.479 e. The van der Waals surface area contributed by atoms with Crippen LogP contribution in [0.5, 0.6) is 5.75 Å². The minimum atomic E-state index is -0.981. The van der Waals surface area contributed by atoms with Crippen molar-refractivity contribution in [1.29, 1.82) is 0 Å². The first-order valence-electron chi connectivity index (χ1n) is 9.84. The Morgan fingerprint density at radius 2 is 2.03 bits per heavy atom. The molecule has 1 N–H and O–H groups in total. The lowest BCUT2D eigenvalue weighted by Crippen LogP contribution is -2.44. The molecule has 3 aromatic rings. The van der Waals surface area contributed by atoms with E-state index in [2.05, 4.69) is 4.98 Å². The molecular weight excluding hydrogens is 416 g/mol. The number of amides is 1. The lowest BCUT2D eigenvalue weighted by molar-refractivity contribution is -0.125. The van der Waals surface area contributed by atoms with Gasteiger partial charge in [0.25, 0.3) is 5.91 Å². The van der Waals surface area contributed by atoms with E-state index in [1.165, 1.54) is 0 Å². The second kappa shape index (κ2) is 8.87. The number of hydrogen-bond acceptors (Lipinski definition) is 6. The summed E-state index contributed by atoms with van der Waals surface area (Å²) in [6.45, 7) is 2.66.